The Kier molecular flexibility index (Phi) is 6.70. The van der Waals surface area contributed by atoms with Crippen LogP contribution in [-0.2, 0) is 22.6 Å². The van der Waals surface area contributed by atoms with Crippen LogP contribution in [0.3, 0.4) is 0 Å². The summed E-state index contributed by atoms with van der Waals surface area (Å²) in [6.45, 7) is 1.98. The van der Waals surface area contributed by atoms with Gasteiger partial charge in [0, 0.05) is 25.6 Å². The number of furan rings is 1. The van der Waals surface area contributed by atoms with E-state index in [4.69, 9.17) is 9.15 Å². The van der Waals surface area contributed by atoms with Gasteiger partial charge in [-0.2, -0.15) is 4.80 Å². The fraction of sp³-hybridized carbons (Fsp3) is 0.368. The third-order valence-corrected chi connectivity index (χ3v) is 4.08. The second-order valence-electron chi connectivity index (χ2n) is 6.07. The Hall–Kier alpha value is -3.00. The number of aromatic nitrogens is 4. The van der Waals surface area contributed by atoms with Gasteiger partial charge < -0.3 is 14.1 Å². The monoisotopic (exact) mass is 369 g/mol. The Balaban J connectivity index is 1.50. The maximum absolute atomic E-state index is 12.6. The molecule has 27 heavy (non-hydrogen) atoms. The Morgan fingerprint density at radius 3 is 2.81 bits per heavy atom. The molecule has 0 aliphatic rings. The van der Waals surface area contributed by atoms with Gasteiger partial charge >= 0.3 is 0 Å². The summed E-state index contributed by atoms with van der Waals surface area (Å²) in [6, 6.07) is 13.4. The molecule has 0 bridgehead atoms. The van der Waals surface area contributed by atoms with E-state index in [-0.39, 0.29) is 5.91 Å². The lowest BCUT2D eigenvalue weighted by Crippen LogP contribution is -2.33. The average molecular weight is 369 g/mol. The lowest BCUT2D eigenvalue weighted by Gasteiger charge is -2.21. The van der Waals surface area contributed by atoms with Crippen LogP contribution in [-0.4, -0.2) is 51.3 Å². The number of benzene rings is 1. The first-order valence-electron chi connectivity index (χ1n) is 8.88. The van der Waals surface area contributed by atoms with Crippen LogP contribution in [0.5, 0.6) is 0 Å². The van der Waals surface area contributed by atoms with Crippen molar-refractivity contribution in [3.05, 3.63) is 54.5 Å². The highest BCUT2D eigenvalue weighted by molar-refractivity contribution is 5.76. The number of carbonyl (C=O) groups excluding carboxylic acids is 1. The summed E-state index contributed by atoms with van der Waals surface area (Å²) in [7, 11) is 1.62. The standard InChI is InChI=1S/C19H23N5O3/c1-26-14-12-23(15-17-9-6-13-27-17)18(25)10-5-11-24-21-19(20-22-24)16-7-3-2-4-8-16/h2-4,6-9,13H,5,10-12,14-15H2,1H3. The number of methoxy groups -OCH3 is 1. The maximum Gasteiger partial charge on any atom is 0.223 e. The fourth-order valence-corrected chi connectivity index (χ4v) is 2.65. The van der Waals surface area contributed by atoms with Gasteiger partial charge in [-0.1, -0.05) is 30.3 Å². The molecular formula is C19H23N5O3. The topological polar surface area (TPSA) is 86.3 Å². The van der Waals surface area contributed by atoms with Gasteiger partial charge in [-0.3, -0.25) is 4.79 Å². The number of amides is 1. The molecule has 142 valence electrons. The summed E-state index contributed by atoms with van der Waals surface area (Å²) in [5, 5.41) is 12.5. The molecule has 0 radical (unpaired) electrons. The van der Waals surface area contributed by atoms with Crippen molar-refractivity contribution in [1.29, 1.82) is 0 Å². The van der Waals surface area contributed by atoms with E-state index in [2.05, 4.69) is 15.4 Å². The molecule has 1 aromatic carbocycles. The molecule has 0 spiro atoms. The molecule has 3 aromatic rings. The number of hydrogen-bond acceptors (Lipinski definition) is 6. The minimum atomic E-state index is 0.0480. The van der Waals surface area contributed by atoms with E-state index in [0.29, 0.717) is 44.9 Å². The second-order valence-corrected chi connectivity index (χ2v) is 6.07. The molecule has 0 saturated carbocycles. The third-order valence-electron chi connectivity index (χ3n) is 4.08. The summed E-state index contributed by atoms with van der Waals surface area (Å²) in [5.74, 6) is 1.39. The highest BCUT2D eigenvalue weighted by Crippen LogP contribution is 2.12. The molecule has 0 N–H and O–H groups in total. The summed E-state index contributed by atoms with van der Waals surface area (Å²) < 4.78 is 10.4. The summed E-state index contributed by atoms with van der Waals surface area (Å²) >= 11 is 0. The van der Waals surface area contributed by atoms with Gasteiger partial charge in [0.1, 0.15) is 5.76 Å². The van der Waals surface area contributed by atoms with Crippen molar-refractivity contribution in [2.45, 2.75) is 25.9 Å². The molecule has 1 amide bonds. The average Bonchev–Trinajstić information content (AvgIpc) is 3.38. The predicted octanol–water partition coefficient (Wildman–Crippen LogP) is 2.39. The van der Waals surface area contributed by atoms with Gasteiger partial charge in [0.15, 0.2) is 0 Å². The fourth-order valence-electron chi connectivity index (χ4n) is 2.65. The smallest absolute Gasteiger partial charge is 0.223 e. The quantitative estimate of drug-likeness (QED) is 0.545. The van der Waals surface area contributed by atoms with Gasteiger partial charge in [-0.05, 0) is 23.8 Å². The second kappa shape index (κ2) is 9.63. The van der Waals surface area contributed by atoms with Crippen LogP contribution in [0.1, 0.15) is 18.6 Å². The van der Waals surface area contributed by atoms with Gasteiger partial charge in [0.2, 0.25) is 11.7 Å². The Bertz CT molecular complexity index is 817. The number of carbonyl (C=O) groups is 1. The lowest BCUT2D eigenvalue weighted by molar-refractivity contribution is -0.132. The van der Waals surface area contributed by atoms with E-state index >= 15 is 0 Å². The number of rotatable bonds is 10. The van der Waals surface area contributed by atoms with Crippen LogP contribution in [0.25, 0.3) is 11.4 Å². The van der Waals surface area contributed by atoms with Gasteiger partial charge in [0.25, 0.3) is 0 Å². The molecule has 2 heterocycles. The Morgan fingerprint density at radius 1 is 1.22 bits per heavy atom. The minimum Gasteiger partial charge on any atom is -0.467 e. The van der Waals surface area contributed by atoms with Crippen molar-refractivity contribution in [2.24, 2.45) is 0 Å². The number of ether oxygens (including phenoxy) is 1. The molecule has 0 aliphatic heterocycles. The predicted molar refractivity (Wildman–Crippen MR) is 98.5 cm³/mol. The van der Waals surface area contributed by atoms with Crippen LogP contribution in [0.4, 0.5) is 0 Å². The first-order valence-corrected chi connectivity index (χ1v) is 8.88. The molecule has 8 nitrogen and oxygen atoms in total. The van der Waals surface area contributed by atoms with E-state index in [0.717, 1.165) is 11.3 Å². The van der Waals surface area contributed by atoms with Crippen LogP contribution in [0.2, 0.25) is 0 Å². The van der Waals surface area contributed by atoms with Crippen molar-refractivity contribution >= 4 is 5.91 Å². The summed E-state index contributed by atoms with van der Waals surface area (Å²) in [6.07, 6.45) is 2.63. The van der Waals surface area contributed by atoms with E-state index in [1.54, 1.807) is 18.3 Å². The molecule has 0 saturated heterocycles. The molecular weight excluding hydrogens is 346 g/mol. The minimum absolute atomic E-state index is 0.0480. The van der Waals surface area contributed by atoms with Gasteiger partial charge in [0.05, 0.1) is 26.0 Å². The zero-order valence-corrected chi connectivity index (χ0v) is 15.3. The number of tetrazole rings is 1. The van der Waals surface area contributed by atoms with Crippen molar-refractivity contribution in [2.75, 3.05) is 20.3 Å². The van der Waals surface area contributed by atoms with E-state index in [1.807, 2.05) is 42.5 Å². The number of aryl methyl sites for hydroxylation is 1. The van der Waals surface area contributed by atoms with Crippen molar-refractivity contribution in [1.82, 2.24) is 25.1 Å². The van der Waals surface area contributed by atoms with Crippen LogP contribution < -0.4 is 0 Å². The molecule has 8 heteroatoms. The van der Waals surface area contributed by atoms with E-state index < -0.39 is 0 Å². The third kappa shape index (κ3) is 5.49. The summed E-state index contributed by atoms with van der Waals surface area (Å²) in [4.78, 5) is 15.8. The number of hydrogen-bond donors (Lipinski definition) is 0. The zero-order valence-electron chi connectivity index (χ0n) is 15.3. The first kappa shape index (κ1) is 18.8. The van der Waals surface area contributed by atoms with Crippen molar-refractivity contribution in [3.8, 4) is 11.4 Å². The summed E-state index contributed by atoms with van der Waals surface area (Å²) in [5.41, 5.74) is 0.920. The SMILES string of the molecule is COCCN(Cc1ccco1)C(=O)CCCn1nnc(-c2ccccc2)n1. The normalized spacial score (nSPS) is 10.9. The number of nitrogens with zero attached hydrogens (tertiary/aromatic N) is 5. The molecule has 2 aromatic heterocycles. The maximum atomic E-state index is 12.6. The van der Waals surface area contributed by atoms with Gasteiger partial charge in [-0.25, -0.2) is 0 Å². The Labute approximate surface area is 157 Å². The largest absolute Gasteiger partial charge is 0.467 e. The van der Waals surface area contributed by atoms with Crippen LogP contribution in [0.15, 0.2) is 53.1 Å². The van der Waals surface area contributed by atoms with Crippen molar-refractivity contribution in [3.63, 3.8) is 0 Å². The van der Waals surface area contributed by atoms with Crippen LogP contribution in [0, 0.1) is 0 Å². The van der Waals surface area contributed by atoms with E-state index in [9.17, 15) is 4.79 Å². The highest BCUT2D eigenvalue weighted by atomic mass is 16.5. The zero-order chi connectivity index (χ0) is 18.9. The first-order chi connectivity index (χ1) is 13.3. The van der Waals surface area contributed by atoms with Crippen molar-refractivity contribution < 1.29 is 13.9 Å². The molecule has 0 atom stereocenters. The van der Waals surface area contributed by atoms with Crippen LogP contribution >= 0.6 is 0 Å². The highest BCUT2D eigenvalue weighted by Gasteiger charge is 2.15. The molecule has 3 rings (SSSR count). The lowest BCUT2D eigenvalue weighted by atomic mass is 10.2. The van der Waals surface area contributed by atoms with E-state index in [1.165, 1.54) is 4.80 Å². The van der Waals surface area contributed by atoms with Gasteiger partial charge in [-0.15, -0.1) is 10.2 Å². The Morgan fingerprint density at radius 2 is 2.07 bits per heavy atom. The molecule has 0 unspecified atom stereocenters. The molecule has 0 fully saturated rings. The molecule has 0 aliphatic carbocycles.